The van der Waals surface area contributed by atoms with Gasteiger partial charge in [0.2, 0.25) is 19.4 Å². The summed E-state index contributed by atoms with van der Waals surface area (Å²) in [5, 5.41) is 23.3. The van der Waals surface area contributed by atoms with Crippen LogP contribution in [0.2, 0.25) is 0 Å². The second kappa shape index (κ2) is 20.7. The summed E-state index contributed by atoms with van der Waals surface area (Å²) in [6.45, 7) is 3.81. The number of nitriles is 1. The summed E-state index contributed by atoms with van der Waals surface area (Å²) >= 11 is 0. The van der Waals surface area contributed by atoms with Crippen molar-refractivity contribution in [2.45, 2.75) is 58.3 Å². The smallest absolute Gasteiger partial charge is 0.362 e. The normalized spacial score (nSPS) is 12.0. The molecule has 0 aliphatic rings. The van der Waals surface area contributed by atoms with E-state index >= 15 is 0 Å². The summed E-state index contributed by atoms with van der Waals surface area (Å²) in [7, 11) is -1.15. The summed E-state index contributed by atoms with van der Waals surface area (Å²) in [6.07, 6.45) is 9.48. The van der Waals surface area contributed by atoms with Gasteiger partial charge in [-0.15, -0.1) is 5.10 Å². The van der Waals surface area contributed by atoms with E-state index in [0.29, 0.717) is 36.5 Å². The van der Waals surface area contributed by atoms with Crippen LogP contribution in [0.4, 0.5) is 11.4 Å². The summed E-state index contributed by atoms with van der Waals surface area (Å²) in [4.78, 5) is 49.4. The van der Waals surface area contributed by atoms with Gasteiger partial charge in [0, 0.05) is 82.4 Å². The van der Waals surface area contributed by atoms with E-state index < -0.39 is 13.2 Å². The molecule has 4 aromatic rings. The number of benzene rings is 2. The minimum absolute atomic E-state index is 0. The summed E-state index contributed by atoms with van der Waals surface area (Å²) < 4.78 is 17.4. The number of unbranched alkanes of at least 4 members (excludes halogenated alkanes) is 3. The maximum absolute atomic E-state index is 12.8. The fourth-order valence-electron chi connectivity index (χ4n) is 4.92. The molecule has 14 nitrogen and oxygen atoms in total. The van der Waals surface area contributed by atoms with Gasteiger partial charge in [0.1, 0.15) is 11.3 Å². The molecule has 0 spiro atoms. The van der Waals surface area contributed by atoms with Gasteiger partial charge in [-0.3, -0.25) is 9.59 Å². The first kappa shape index (κ1) is 41.3. The Bertz CT molecular complexity index is 1890. The van der Waals surface area contributed by atoms with Gasteiger partial charge in [-0.1, -0.05) is 30.2 Å². The summed E-state index contributed by atoms with van der Waals surface area (Å²) in [5.41, 5.74) is 3.07. The Kier molecular flexibility index (Phi) is 16.7. The summed E-state index contributed by atoms with van der Waals surface area (Å²) in [6, 6.07) is 16.5. The molecule has 272 valence electrons. The van der Waals surface area contributed by atoms with Crippen molar-refractivity contribution in [2.75, 3.05) is 43.6 Å². The standard InChI is InChI=1S/C35H44N7O7P.W/c1-4-41(2)29-18-15-27-23-31(35(45)49-32(27)24-29)42-25-30(39-40-42)26-13-16-28(17-14-26)38-34(44)12-9-11-33(43)37-20-7-5-6-8-21-47-50(3,46)48-22-10-19-36;/h13-18,23-25,46H,3-12,20-22H2,1-2H3,(H,37,43)(H,38,44);. The fraction of sp³-hybridized carbons (Fsp3) is 0.400. The van der Waals surface area contributed by atoms with E-state index in [0.717, 1.165) is 48.9 Å². The number of fused-ring (bicyclic) bond motifs is 1. The predicted molar refractivity (Wildman–Crippen MR) is 194 cm³/mol. The van der Waals surface area contributed by atoms with Gasteiger partial charge in [-0.05, 0) is 62.8 Å². The Hall–Kier alpha value is -4.11. The maximum Gasteiger partial charge on any atom is 0.362 e. The van der Waals surface area contributed by atoms with E-state index in [-0.39, 0.29) is 64.4 Å². The monoisotopic (exact) mass is 889 g/mol. The number of hydrogen-bond acceptors (Lipinski definition) is 11. The first-order valence-electron chi connectivity index (χ1n) is 16.6. The third kappa shape index (κ3) is 13.2. The molecule has 0 aliphatic carbocycles. The van der Waals surface area contributed by atoms with Crippen molar-refractivity contribution in [2.24, 2.45) is 0 Å². The molecule has 2 aromatic heterocycles. The average Bonchev–Trinajstić information content (AvgIpc) is 3.59. The number of carbonyl (C=O) groups is 2. The van der Waals surface area contributed by atoms with E-state index in [1.165, 1.54) is 4.68 Å². The molecule has 0 radical (unpaired) electrons. The van der Waals surface area contributed by atoms with Crippen LogP contribution in [0.1, 0.15) is 58.3 Å². The molecule has 0 aliphatic heterocycles. The third-order valence-corrected chi connectivity index (χ3v) is 8.99. The zero-order chi connectivity index (χ0) is 35.9. The topological polar surface area (TPSA) is 185 Å². The molecule has 0 saturated carbocycles. The molecule has 2 aromatic carbocycles. The van der Waals surface area contributed by atoms with Crippen molar-refractivity contribution in [1.82, 2.24) is 20.3 Å². The molecule has 51 heavy (non-hydrogen) atoms. The predicted octanol–water partition coefficient (Wildman–Crippen LogP) is 5.41. The van der Waals surface area contributed by atoms with Crippen molar-refractivity contribution >= 4 is 48.0 Å². The van der Waals surface area contributed by atoms with Crippen LogP contribution in [0, 0.1) is 11.3 Å². The Morgan fingerprint density at radius 3 is 2.51 bits per heavy atom. The minimum atomic E-state index is -3.12. The number of rotatable bonds is 20. The molecular formula is C35H44N7O7PW. The van der Waals surface area contributed by atoms with E-state index in [2.05, 4.69) is 32.1 Å². The number of nitrogens with one attached hydrogen (secondary N) is 2. The molecule has 0 bridgehead atoms. The molecule has 2 amide bonds. The van der Waals surface area contributed by atoms with Crippen molar-refractivity contribution in [3.8, 4) is 23.0 Å². The zero-order valence-electron chi connectivity index (χ0n) is 28.9. The van der Waals surface area contributed by atoms with Crippen molar-refractivity contribution < 1.29 is 49.0 Å². The van der Waals surface area contributed by atoms with Crippen LogP contribution in [0.5, 0.6) is 0 Å². The van der Waals surface area contributed by atoms with Crippen molar-refractivity contribution in [3.05, 3.63) is 65.1 Å². The van der Waals surface area contributed by atoms with Gasteiger partial charge < -0.3 is 33.9 Å². The minimum Gasteiger partial charge on any atom is -0.421 e. The van der Waals surface area contributed by atoms with E-state index in [9.17, 15) is 19.3 Å². The van der Waals surface area contributed by atoms with Gasteiger partial charge >= 0.3 is 5.63 Å². The van der Waals surface area contributed by atoms with Crippen LogP contribution in [0.25, 0.3) is 27.9 Å². The first-order chi connectivity index (χ1) is 24.1. The van der Waals surface area contributed by atoms with E-state index in [1.54, 1.807) is 36.5 Å². The van der Waals surface area contributed by atoms with Gasteiger partial charge in [-0.25, -0.2) is 9.48 Å². The maximum atomic E-state index is 12.8. The molecule has 4 rings (SSSR count). The zero-order valence-corrected chi connectivity index (χ0v) is 32.7. The van der Waals surface area contributed by atoms with Gasteiger partial charge in [0.25, 0.3) is 0 Å². The van der Waals surface area contributed by atoms with E-state index in [1.807, 2.05) is 38.2 Å². The van der Waals surface area contributed by atoms with Crippen molar-refractivity contribution in [3.63, 3.8) is 0 Å². The third-order valence-electron chi connectivity index (χ3n) is 7.82. The second-order valence-corrected chi connectivity index (χ2v) is 13.5. The van der Waals surface area contributed by atoms with Crippen LogP contribution in [0.15, 0.2) is 63.9 Å². The molecule has 1 atom stereocenters. The molecular weight excluding hydrogens is 845 g/mol. The van der Waals surface area contributed by atoms with Gasteiger partial charge in [-0.2, -0.15) is 5.26 Å². The van der Waals surface area contributed by atoms with Crippen LogP contribution in [0.3, 0.4) is 0 Å². The van der Waals surface area contributed by atoms with Crippen LogP contribution in [-0.4, -0.2) is 71.4 Å². The van der Waals surface area contributed by atoms with Gasteiger partial charge in [0.15, 0.2) is 5.69 Å². The molecule has 3 N–H and O–H groups in total. The number of hydrogen-bond donors (Lipinski definition) is 3. The average molecular weight is 890 g/mol. The van der Waals surface area contributed by atoms with Crippen LogP contribution >= 0.6 is 7.57 Å². The Labute approximate surface area is 311 Å². The molecule has 2 heterocycles. The number of amides is 2. The molecule has 0 fully saturated rings. The Morgan fingerprint density at radius 1 is 1.04 bits per heavy atom. The molecule has 0 saturated heterocycles. The molecule has 16 heteroatoms. The summed E-state index contributed by atoms with van der Waals surface area (Å²) in [5.74, 6) is -0.294. The number of anilines is 2. The quantitative estimate of drug-likeness (QED) is 0.0586. The van der Waals surface area contributed by atoms with Gasteiger partial charge in [0.05, 0.1) is 31.9 Å². The number of carbonyl (C=O) groups excluding carboxylic acids is 2. The van der Waals surface area contributed by atoms with Crippen molar-refractivity contribution in [1.29, 1.82) is 5.26 Å². The first-order valence-corrected chi connectivity index (χ1v) is 18.4. The largest absolute Gasteiger partial charge is 0.421 e. The second-order valence-electron chi connectivity index (χ2n) is 11.7. The Balaban J connectivity index is 0.00000702. The van der Waals surface area contributed by atoms with E-state index in [4.69, 9.17) is 18.7 Å². The number of aromatic nitrogens is 3. The van der Waals surface area contributed by atoms with Crippen LogP contribution < -0.4 is 21.2 Å². The number of nitrogens with zero attached hydrogens (tertiary/aromatic N) is 5. The fourth-order valence-corrected chi connectivity index (χ4v) is 5.78. The van der Waals surface area contributed by atoms with Crippen LogP contribution in [-0.2, 0) is 39.7 Å². The Morgan fingerprint density at radius 2 is 1.76 bits per heavy atom. The SMILES string of the molecule is C=P(O)(OCCC#N)OCCCCCCNC(=O)CCCC(=O)Nc1ccc(-c2cn(-c3cc4ccc(N(C)CC)cc4oc3=O)nn2)cc1.[W]. The molecule has 1 unspecified atom stereocenters.